The minimum Gasteiger partial charge on any atom is -0.327 e. The van der Waals surface area contributed by atoms with Gasteiger partial charge in [-0.15, -0.1) is 0 Å². The fourth-order valence-corrected chi connectivity index (χ4v) is 2.62. The van der Waals surface area contributed by atoms with Gasteiger partial charge >= 0.3 is 0 Å². The van der Waals surface area contributed by atoms with Gasteiger partial charge in [0.25, 0.3) is 0 Å². The lowest BCUT2D eigenvalue weighted by molar-refractivity contribution is 0.0646. The number of rotatable bonds is 2. The first-order chi connectivity index (χ1) is 6.10. The summed E-state index contributed by atoms with van der Waals surface area (Å²) in [7, 11) is 0. The molecule has 0 heterocycles. The van der Waals surface area contributed by atoms with E-state index in [2.05, 4.69) is 19.2 Å². The maximum atomic E-state index is 5.98. The van der Waals surface area contributed by atoms with Crippen LogP contribution in [0.2, 0.25) is 0 Å². The summed E-state index contributed by atoms with van der Waals surface area (Å²) in [4.78, 5) is 0. The first kappa shape index (κ1) is 9.47. The topological polar surface area (TPSA) is 38.0 Å². The molecule has 0 spiro atoms. The highest BCUT2D eigenvalue weighted by Crippen LogP contribution is 2.40. The van der Waals surface area contributed by atoms with Crippen LogP contribution in [0.4, 0.5) is 0 Å². The van der Waals surface area contributed by atoms with Crippen molar-refractivity contribution in [3.8, 4) is 0 Å². The summed E-state index contributed by atoms with van der Waals surface area (Å²) in [5, 5.41) is 3.76. The second kappa shape index (κ2) is 3.25. The highest BCUT2D eigenvalue weighted by Gasteiger charge is 2.46. The van der Waals surface area contributed by atoms with Gasteiger partial charge in [-0.05, 0) is 24.7 Å². The minimum absolute atomic E-state index is 0.322. The Morgan fingerprint density at radius 2 is 1.85 bits per heavy atom. The largest absolute Gasteiger partial charge is 0.327 e. The lowest BCUT2D eigenvalue weighted by atomic mass is 9.63. The lowest BCUT2D eigenvalue weighted by Gasteiger charge is -2.51. The summed E-state index contributed by atoms with van der Waals surface area (Å²) in [6.45, 7) is 4.57. The second-order valence-corrected chi connectivity index (χ2v) is 5.36. The van der Waals surface area contributed by atoms with Gasteiger partial charge in [0.05, 0.1) is 0 Å². The van der Waals surface area contributed by atoms with E-state index in [1.54, 1.807) is 0 Å². The molecule has 2 nitrogen and oxygen atoms in total. The van der Waals surface area contributed by atoms with Crippen LogP contribution >= 0.6 is 0 Å². The third-order valence-electron chi connectivity index (χ3n) is 4.14. The van der Waals surface area contributed by atoms with Crippen LogP contribution in [0.1, 0.15) is 46.0 Å². The number of hydrogen-bond acceptors (Lipinski definition) is 2. The molecule has 76 valence electrons. The van der Waals surface area contributed by atoms with Gasteiger partial charge in [0.15, 0.2) is 0 Å². The minimum atomic E-state index is 0.322. The molecule has 0 radical (unpaired) electrons. The Hall–Kier alpha value is -0.0800. The van der Waals surface area contributed by atoms with E-state index >= 15 is 0 Å². The molecule has 2 unspecified atom stereocenters. The van der Waals surface area contributed by atoms with Gasteiger partial charge in [0.1, 0.15) is 0 Å². The molecule has 3 N–H and O–H groups in total. The summed E-state index contributed by atoms with van der Waals surface area (Å²) in [6, 6.07) is 1.87. The number of nitrogens with two attached hydrogens (primary N) is 1. The van der Waals surface area contributed by atoms with Gasteiger partial charge < -0.3 is 11.1 Å². The van der Waals surface area contributed by atoms with Crippen molar-refractivity contribution in [1.29, 1.82) is 0 Å². The zero-order chi connectivity index (χ0) is 9.47. The Kier molecular flexibility index (Phi) is 2.37. The van der Waals surface area contributed by atoms with Crippen molar-refractivity contribution in [2.24, 2.45) is 11.1 Å². The molecule has 2 rings (SSSR count). The van der Waals surface area contributed by atoms with E-state index < -0.39 is 0 Å². The van der Waals surface area contributed by atoms with Gasteiger partial charge in [-0.25, -0.2) is 0 Å². The van der Waals surface area contributed by atoms with Crippen LogP contribution in [0.25, 0.3) is 0 Å². The van der Waals surface area contributed by atoms with E-state index in [9.17, 15) is 0 Å². The molecule has 0 aliphatic heterocycles. The molecule has 0 amide bonds. The van der Waals surface area contributed by atoms with Gasteiger partial charge in [0, 0.05) is 18.1 Å². The van der Waals surface area contributed by atoms with E-state index in [-0.39, 0.29) is 0 Å². The molecule has 0 bridgehead atoms. The number of hydrogen-bond donors (Lipinski definition) is 2. The van der Waals surface area contributed by atoms with Crippen LogP contribution in [-0.2, 0) is 0 Å². The van der Waals surface area contributed by atoms with Crippen molar-refractivity contribution < 1.29 is 0 Å². The molecule has 0 aromatic rings. The molecule has 2 aliphatic rings. The third kappa shape index (κ3) is 1.62. The predicted molar refractivity (Wildman–Crippen MR) is 55.6 cm³/mol. The van der Waals surface area contributed by atoms with Crippen LogP contribution in [0.5, 0.6) is 0 Å². The van der Waals surface area contributed by atoms with Crippen LogP contribution in [-0.4, -0.2) is 18.1 Å². The normalized spacial score (nSPS) is 39.0. The number of nitrogens with one attached hydrogen (secondary N) is 1. The van der Waals surface area contributed by atoms with Crippen LogP contribution in [0, 0.1) is 5.41 Å². The van der Waals surface area contributed by atoms with Crippen molar-refractivity contribution in [2.45, 2.75) is 64.1 Å². The molecule has 2 heteroatoms. The van der Waals surface area contributed by atoms with E-state index in [0.717, 1.165) is 6.04 Å². The van der Waals surface area contributed by atoms with E-state index in [4.69, 9.17) is 5.73 Å². The summed E-state index contributed by atoms with van der Waals surface area (Å²) in [5.74, 6) is 0. The van der Waals surface area contributed by atoms with Crippen LogP contribution in [0.15, 0.2) is 0 Å². The molecular formula is C11H22N2. The van der Waals surface area contributed by atoms with Gasteiger partial charge in [-0.1, -0.05) is 26.7 Å². The van der Waals surface area contributed by atoms with Gasteiger partial charge in [-0.2, -0.15) is 0 Å². The molecule has 2 fully saturated rings. The highest BCUT2D eigenvalue weighted by atomic mass is 15.0. The van der Waals surface area contributed by atoms with Crippen molar-refractivity contribution in [2.75, 3.05) is 0 Å². The molecule has 0 aromatic carbocycles. The summed E-state index contributed by atoms with van der Waals surface area (Å²) >= 11 is 0. The average molecular weight is 182 g/mol. The first-order valence-electron chi connectivity index (χ1n) is 5.62. The molecule has 2 saturated carbocycles. The van der Waals surface area contributed by atoms with E-state index in [1.165, 1.54) is 32.1 Å². The van der Waals surface area contributed by atoms with Crippen LogP contribution < -0.4 is 11.1 Å². The molecule has 13 heavy (non-hydrogen) atoms. The Morgan fingerprint density at radius 3 is 2.31 bits per heavy atom. The lowest BCUT2D eigenvalue weighted by Crippen LogP contribution is -2.64. The fraction of sp³-hybridized carbons (Fsp3) is 1.00. The zero-order valence-corrected chi connectivity index (χ0v) is 8.84. The predicted octanol–water partition coefficient (Wildman–Crippen LogP) is 1.64. The Balaban J connectivity index is 1.83. The second-order valence-electron chi connectivity index (χ2n) is 5.36. The third-order valence-corrected chi connectivity index (χ3v) is 4.14. The molecule has 0 aromatic heterocycles. The summed E-state index contributed by atoms with van der Waals surface area (Å²) < 4.78 is 0. The van der Waals surface area contributed by atoms with E-state index in [1.807, 2.05) is 0 Å². The summed E-state index contributed by atoms with van der Waals surface area (Å²) in [5.41, 5.74) is 6.30. The van der Waals surface area contributed by atoms with Crippen molar-refractivity contribution >= 4 is 0 Å². The zero-order valence-electron chi connectivity index (χ0n) is 8.84. The molecular weight excluding hydrogens is 160 g/mol. The highest BCUT2D eigenvalue weighted by molar-refractivity contribution is 5.05. The standard InChI is InChI=1S/C11H22N2/c1-11(2)9(12)7-10(11)13-8-5-3-4-6-8/h8-10,13H,3-7,12H2,1-2H3. The monoisotopic (exact) mass is 182 g/mol. The van der Waals surface area contributed by atoms with Crippen molar-refractivity contribution in [3.05, 3.63) is 0 Å². The molecule has 2 atom stereocenters. The maximum absolute atomic E-state index is 5.98. The van der Waals surface area contributed by atoms with Gasteiger partial charge in [-0.3, -0.25) is 0 Å². The van der Waals surface area contributed by atoms with Gasteiger partial charge in [0.2, 0.25) is 0 Å². The average Bonchev–Trinajstić information content (AvgIpc) is 2.56. The molecule has 0 saturated heterocycles. The maximum Gasteiger partial charge on any atom is 0.0151 e. The fourth-order valence-electron chi connectivity index (χ4n) is 2.62. The molecule has 2 aliphatic carbocycles. The smallest absolute Gasteiger partial charge is 0.0151 e. The quantitative estimate of drug-likeness (QED) is 0.681. The SMILES string of the molecule is CC1(C)C(N)CC1NC1CCCC1. The Labute approximate surface area is 81.3 Å². The summed E-state index contributed by atoms with van der Waals surface area (Å²) in [6.07, 6.45) is 6.75. The van der Waals surface area contributed by atoms with Crippen LogP contribution in [0.3, 0.4) is 0 Å². The Morgan fingerprint density at radius 1 is 1.23 bits per heavy atom. The van der Waals surface area contributed by atoms with Crippen molar-refractivity contribution in [3.63, 3.8) is 0 Å². The van der Waals surface area contributed by atoms with Crippen molar-refractivity contribution in [1.82, 2.24) is 5.32 Å². The first-order valence-corrected chi connectivity index (χ1v) is 5.62. The van der Waals surface area contributed by atoms with E-state index in [0.29, 0.717) is 17.5 Å². The Bertz CT molecular complexity index is 183.